The number of ether oxygens (including phenoxy) is 1. The van der Waals surface area contributed by atoms with Crippen molar-refractivity contribution in [2.75, 3.05) is 19.6 Å². The summed E-state index contributed by atoms with van der Waals surface area (Å²) >= 11 is 0. The number of carbonyl (C=O) groups is 1. The summed E-state index contributed by atoms with van der Waals surface area (Å²) in [6, 6.07) is 0.412. The van der Waals surface area contributed by atoms with Crippen LogP contribution in [0.25, 0.3) is 0 Å². The third-order valence-corrected chi connectivity index (χ3v) is 3.67. The normalized spacial score (nSPS) is 20.4. The van der Waals surface area contributed by atoms with Crippen LogP contribution in [-0.4, -0.2) is 42.3 Å². The molecule has 4 heteroatoms. The first-order valence-corrected chi connectivity index (χ1v) is 8.08. The van der Waals surface area contributed by atoms with Crippen molar-refractivity contribution in [3.05, 3.63) is 12.2 Å². The first-order chi connectivity index (χ1) is 9.73. The van der Waals surface area contributed by atoms with Crippen LogP contribution in [0.2, 0.25) is 0 Å². The van der Waals surface area contributed by atoms with Gasteiger partial charge in [0.1, 0.15) is 5.60 Å². The van der Waals surface area contributed by atoms with E-state index in [4.69, 9.17) is 4.74 Å². The molecule has 0 saturated carbocycles. The smallest absolute Gasteiger partial charge is 0.410 e. The van der Waals surface area contributed by atoms with Gasteiger partial charge in [-0.15, -0.1) is 6.58 Å². The Morgan fingerprint density at radius 3 is 2.67 bits per heavy atom. The lowest BCUT2D eigenvalue weighted by Gasteiger charge is -2.27. The molecule has 0 bridgehead atoms. The first-order valence-electron chi connectivity index (χ1n) is 8.08. The highest BCUT2D eigenvalue weighted by Gasteiger charge is 2.33. The van der Waals surface area contributed by atoms with Gasteiger partial charge in [0, 0.05) is 19.1 Å². The second-order valence-electron chi connectivity index (χ2n) is 7.20. The summed E-state index contributed by atoms with van der Waals surface area (Å²) in [5.41, 5.74) is 0.770. The van der Waals surface area contributed by atoms with Crippen LogP contribution >= 0.6 is 0 Å². The second kappa shape index (κ2) is 7.83. The highest BCUT2D eigenvalue weighted by atomic mass is 16.6. The maximum Gasteiger partial charge on any atom is 0.410 e. The molecule has 1 amide bonds. The van der Waals surface area contributed by atoms with Crippen LogP contribution in [0.3, 0.4) is 0 Å². The molecule has 2 unspecified atom stereocenters. The van der Waals surface area contributed by atoms with Crippen LogP contribution in [0.15, 0.2) is 12.2 Å². The average molecular weight is 296 g/mol. The van der Waals surface area contributed by atoms with Crippen molar-refractivity contribution in [3.8, 4) is 0 Å². The van der Waals surface area contributed by atoms with Crippen molar-refractivity contribution in [2.45, 2.75) is 65.5 Å². The van der Waals surface area contributed by atoms with Crippen LogP contribution in [-0.2, 0) is 4.74 Å². The van der Waals surface area contributed by atoms with Crippen LogP contribution in [0.1, 0.15) is 53.9 Å². The highest BCUT2D eigenvalue weighted by Crippen LogP contribution is 2.25. The zero-order chi connectivity index (χ0) is 16.0. The second-order valence-corrected chi connectivity index (χ2v) is 7.20. The molecule has 0 aromatic heterocycles. The molecule has 2 atom stereocenters. The monoisotopic (exact) mass is 296 g/mol. The minimum absolute atomic E-state index is 0.186. The van der Waals surface area contributed by atoms with Gasteiger partial charge in [0.25, 0.3) is 0 Å². The molecule has 4 nitrogen and oxygen atoms in total. The van der Waals surface area contributed by atoms with E-state index in [1.54, 1.807) is 0 Å². The molecule has 1 rings (SSSR count). The first kappa shape index (κ1) is 18.0. The largest absolute Gasteiger partial charge is 0.444 e. The van der Waals surface area contributed by atoms with Crippen LogP contribution < -0.4 is 5.32 Å². The number of amides is 1. The molecule has 1 aliphatic rings. The van der Waals surface area contributed by atoms with E-state index < -0.39 is 5.60 Å². The molecule has 0 spiro atoms. The summed E-state index contributed by atoms with van der Waals surface area (Å²) < 4.78 is 5.46. The van der Waals surface area contributed by atoms with E-state index in [1.165, 1.54) is 5.57 Å². The molecular formula is C17H32N2O2. The molecule has 21 heavy (non-hydrogen) atoms. The van der Waals surface area contributed by atoms with Gasteiger partial charge < -0.3 is 15.0 Å². The van der Waals surface area contributed by atoms with E-state index in [2.05, 4.69) is 25.7 Å². The third-order valence-electron chi connectivity index (χ3n) is 3.67. The molecule has 122 valence electrons. The molecule has 0 aliphatic carbocycles. The lowest BCUT2D eigenvalue weighted by Crippen LogP contribution is -2.40. The number of carbonyl (C=O) groups excluding carboxylic acids is 1. The lowest BCUT2D eigenvalue weighted by molar-refractivity contribution is 0.0285. The quantitative estimate of drug-likeness (QED) is 0.762. The Morgan fingerprint density at radius 2 is 2.14 bits per heavy atom. The third kappa shape index (κ3) is 6.51. The number of rotatable bonds is 6. The predicted molar refractivity (Wildman–Crippen MR) is 87.4 cm³/mol. The molecule has 1 heterocycles. The molecule has 0 aromatic rings. The van der Waals surface area contributed by atoms with Crippen molar-refractivity contribution in [1.82, 2.24) is 10.2 Å². The number of hydrogen-bond donors (Lipinski definition) is 1. The van der Waals surface area contributed by atoms with E-state index >= 15 is 0 Å². The number of hydrogen-bond acceptors (Lipinski definition) is 3. The lowest BCUT2D eigenvalue weighted by atomic mass is 9.93. The maximum absolute atomic E-state index is 12.1. The van der Waals surface area contributed by atoms with Crippen LogP contribution in [0.4, 0.5) is 4.79 Å². The van der Waals surface area contributed by atoms with E-state index in [1.807, 2.05) is 25.7 Å². The summed E-state index contributed by atoms with van der Waals surface area (Å²) in [5.74, 6) is 0.487. The van der Waals surface area contributed by atoms with E-state index in [0.717, 1.165) is 38.9 Å². The Kier molecular flexibility index (Phi) is 6.72. The molecule has 1 N–H and O–H groups in total. The SMILES string of the molecule is C=C(C)CC(NCCC)C1CCN(C(=O)OC(C)(C)C)C1. The summed E-state index contributed by atoms with van der Waals surface area (Å²) in [6.07, 6.45) is 2.95. The standard InChI is InChI=1S/C17H32N2O2/c1-7-9-18-15(11-13(2)3)14-8-10-19(12-14)16(20)21-17(4,5)6/h14-15,18H,2,7-12H2,1,3-6H3. The van der Waals surface area contributed by atoms with Crippen molar-refractivity contribution in [3.63, 3.8) is 0 Å². The van der Waals surface area contributed by atoms with E-state index in [9.17, 15) is 4.79 Å². The maximum atomic E-state index is 12.1. The molecule has 0 aromatic carbocycles. The number of nitrogens with one attached hydrogen (secondary N) is 1. The zero-order valence-corrected chi connectivity index (χ0v) is 14.4. The number of likely N-dealkylation sites (tertiary alicyclic amines) is 1. The molecule has 1 fully saturated rings. The highest BCUT2D eigenvalue weighted by molar-refractivity contribution is 5.68. The molecule has 1 aliphatic heterocycles. The minimum atomic E-state index is -0.424. The van der Waals surface area contributed by atoms with Gasteiger partial charge in [0.05, 0.1) is 0 Å². The Bertz CT molecular complexity index is 360. The predicted octanol–water partition coefficient (Wildman–Crippen LogP) is 3.58. The summed E-state index contributed by atoms with van der Waals surface area (Å²) in [7, 11) is 0. The van der Waals surface area contributed by atoms with Crippen molar-refractivity contribution < 1.29 is 9.53 Å². The van der Waals surface area contributed by atoms with Gasteiger partial charge in [-0.05, 0) is 59.4 Å². The average Bonchev–Trinajstić information content (AvgIpc) is 2.81. The Balaban J connectivity index is 2.56. The van der Waals surface area contributed by atoms with Gasteiger partial charge >= 0.3 is 6.09 Å². The van der Waals surface area contributed by atoms with E-state index in [0.29, 0.717) is 12.0 Å². The van der Waals surface area contributed by atoms with Gasteiger partial charge in [-0.25, -0.2) is 4.79 Å². The van der Waals surface area contributed by atoms with Gasteiger partial charge in [-0.3, -0.25) is 0 Å². The summed E-state index contributed by atoms with van der Waals surface area (Å²) in [4.78, 5) is 14.0. The fourth-order valence-corrected chi connectivity index (χ4v) is 2.72. The topological polar surface area (TPSA) is 41.6 Å². The van der Waals surface area contributed by atoms with Crippen LogP contribution in [0, 0.1) is 5.92 Å². The van der Waals surface area contributed by atoms with Gasteiger partial charge in [-0.2, -0.15) is 0 Å². The Morgan fingerprint density at radius 1 is 1.48 bits per heavy atom. The summed E-state index contributed by atoms with van der Waals surface area (Å²) in [6.45, 7) is 16.6. The van der Waals surface area contributed by atoms with E-state index in [-0.39, 0.29) is 6.09 Å². The minimum Gasteiger partial charge on any atom is -0.444 e. The van der Waals surface area contributed by atoms with Gasteiger partial charge in [0.15, 0.2) is 0 Å². The van der Waals surface area contributed by atoms with Crippen molar-refractivity contribution >= 4 is 6.09 Å². The fourth-order valence-electron chi connectivity index (χ4n) is 2.72. The fraction of sp³-hybridized carbons (Fsp3) is 0.824. The van der Waals surface area contributed by atoms with Crippen molar-refractivity contribution in [1.29, 1.82) is 0 Å². The molecule has 1 saturated heterocycles. The Hall–Kier alpha value is -1.03. The van der Waals surface area contributed by atoms with Crippen LogP contribution in [0.5, 0.6) is 0 Å². The molecular weight excluding hydrogens is 264 g/mol. The zero-order valence-electron chi connectivity index (χ0n) is 14.4. The Labute approximate surface area is 129 Å². The molecule has 0 radical (unpaired) electrons. The van der Waals surface area contributed by atoms with Gasteiger partial charge in [-0.1, -0.05) is 12.5 Å². The van der Waals surface area contributed by atoms with Gasteiger partial charge in [0.2, 0.25) is 0 Å². The number of nitrogens with zero attached hydrogens (tertiary/aromatic N) is 1. The summed E-state index contributed by atoms with van der Waals surface area (Å²) in [5, 5.41) is 3.61. The van der Waals surface area contributed by atoms with Crippen molar-refractivity contribution in [2.24, 2.45) is 5.92 Å².